The molecule has 0 fully saturated rings. The molecule has 3 aromatic rings. The van der Waals surface area contributed by atoms with Gasteiger partial charge >= 0.3 is 0 Å². The van der Waals surface area contributed by atoms with Crippen LogP contribution in [0.1, 0.15) is 6.92 Å². The highest BCUT2D eigenvalue weighted by atomic mass is 35.5. The highest BCUT2D eigenvalue weighted by molar-refractivity contribution is 6.30. The Morgan fingerprint density at radius 2 is 1.79 bits per heavy atom. The van der Waals surface area contributed by atoms with E-state index in [-0.39, 0.29) is 5.91 Å². The zero-order chi connectivity index (χ0) is 17.1. The Balaban J connectivity index is 2.05. The summed E-state index contributed by atoms with van der Waals surface area (Å²) in [6, 6.07) is 16.7. The summed E-state index contributed by atoms with van der Waals surface area (Å²) in [6.07, 6.45) is 0. The number of amides is 1. The van der Waals surface area contributed by atoms with E-state index in [0.717, 1.165) is 22.7 Å². The van der Waals surface area contributed by atoms with E-state index in [0.29, 0.717) is 10.8 Å². The third-order valence-corrected chi connectivity index (χ3v) is 3.72. The van der Waals surface area contributed by atoms with Gasteiger partial charge in [-0.3, -0.25) is 4.79 Å². The summed E-state index contributed by atoms with van der Waals surface area (Å²) < 4.78 is 6.86. The van der Waals surface area contributed by atoms with Crippen molar-refractivity contribution in [2.24, 2.45) is 0 Å². The molecule has 1 heterocycles. The van der Waals surface area contributed by atoms with Crippen LogP contribution < -0.4 is 10.1 Å². The first kappa shape index (κ1) is 16.1. The lowest BCUT2D eigenvalue weighted by atomic mass is 10.1. The van der Waals surface area contributed by atoms with E-state index in [9.17, 15) is 4.79 Å². The largest absolute Gasteiger partial charge is 0.497 e. The number of hydrogen-bond donors (Lipinski definition) is 1. The van der Waals surface area contributed by atoms with Gasteiger partial charge in [-0.25, -0.2) is 4.68 Å². The molecule has 1 N–H and O–H groups in total. The Labute approximate surface area is 144 Å². The minimum absolute atomic E-state index is 0.160. The lowest BCUT2D eigenvalue weighted by molar-refractivity contribution is -0.114. The molecule has 0 saturated carbocycles. The van der Waals surface area contributed by atoms with Crippen LogP contribution in [0.5, 0.6) is 5.75 Å². The summed E-state index contributed by atoms with van der Waals surface area (Å²) in [6.45, 7) is 1.47. The fourth-order valence-corrected chi connectivity index (χ4v) is 2.46. The Bertz CT molecular complexity index is 855. The van der Waals surface area contributed by atoms with E-state index in [2.05, 4.69) is 10.4 Å². The lowest BCUT2D eigenvalue weighted by Crippen LogP contribution is -2.10. The van der Waals surface area contributed by atoms with E-state index in [1.165, 1.54) is 6.92 Å². The van der Waals surface area contributed by atoms with Gasteiger partial charge in [0.05, 0.1) is 18.5 Å². The van der Waals surface area contributed by atoms with Crippen molar-refractivity contribution in [2.75, 3.05) is 12.4 Å². The van der Waals surface area contributed by atoms with Crippen molar-refractivity contribution in [1.29, 1.82) is 0 Å². The summed E-state index contributed by atoms with van der Waals surface area (Å²) in [7, 11) is 1.62. The molecule has 1 amide bonds. The highest BCUT2D eigenvalue weighted by Gasteiger charge is 2.12. The molecule has 5 nitrogen and oxygen atoms in total. The molecule has 0 aliphatic rings. The van der Waals surface area contributed by atoms with Gasteiger partial charge in [-0.2, -0.15) is 5.10 Å². The number of benzene rings is 2. The van der Waals surface area contributed by atoms with Gasteiger partial charge in [0, 0.05) is 23.6 Å². The van der Waals surface area contributed by atoms with Gasteiger partial charge in [-0.1, -0.05) is 23.7 Å². The summed E-state index contributed by atoms with van der Waals surface area (Å²) >= 11 is 5.93. The molecule has 0 spiro atoms. The van der Waals surface area contributed by atoms with Crippen molar-refractivity contribution in [3.05, 3.63) is 59.6 Å². The molecule has 122 valence electrons. The standard InChI is InChI=1S/C18H16ClN3O2/c1-12(23)20-18-11-17(13-3-5-14(19)6-4-13)21-22(18)15-7-9-16(24-2)10-8-15/h3-11H,1-2H3,(H,20,23). The average molecular weight is 342 g/mol. The predicted molar refractivity (Wildman–Crippen MR) is 94.9 cm³/mol. The zero-order valence-electron chi connectivity index (χ0n) is 13.3. The first-order valence-corrected chi connectivity index (χ1v) is 7.72. The van der Waals surface area contributed by atoms with Crippen molar-refractivity contribution < 1.29 is 9.53 Å². The molecule has 0 saturated heterocycles. The van der Waals surface area contributed by atoms with Crippen LogP contribution in [0.4, 0.5) is 5.82 Å². The van der Waals surface area contributed by atoms with Crippen LogP contribution in [-0.2, 0) is 4.79 Å². The number of aromatic nitrogens is 2. The van der Waals surface area contributed by atoms with Gasteiger partial charge in [0.2, 0.25) is 5.91 Å². The summed E-state index contributed by atoms with van der Waals surface area (Å²) in [5, 5.41) is 8.08. The van der Waals surface area contributed by atoms with Crippen LogP contribution in [0.15, 0.2) is 54.6 Å². The van der Waals surface area contributed by atoms with Crippen molar-refractivity contribution >= 4 is 23.3 Å². The Hall–Kier alpha value is -2.79. The Morgan fingerprint density at radius 1 is 1.12 bits per heavy atom. The van der Waals surface area contributed by atoms with Crippen LogP contribution in [0.25, 0.3) is 16.9 Å². The third kappa shape index (κ3) is 3.41. The van der Waals surface area contributed by atoms with Crippen molar-refractivity contribution in [1.82, 2.24) is 9.78 Å². The number of hydrogen-bond acceptors (Lipinski definition) is 3. The number of methoxy groups -OCH3 is 1. The topological polar surface area (TPSA) is 56.1 Å². The average Bonchev–Trinajstić information content (AvgIpc) is 2.98. The molecule has 24 heavy (non-hydrogen) atoms. The molecule has 0 aliphatic carbocycles. The quantitative estimate of drug-likeness (QED) is 0.775. The second-order valence-corrected chi connectivity index (χ2v) is 5.65. The summed E-state index contributed by atoms with van der Waals surface area (Å²) in [5.74, 6) is 1.19. The number of rotatable bonds is 4. The third-order valence-electron chi connectivity index (χ3n) is 3.47. The van der Waals surface area contributed by atoms with E-state index in [4.69, 9.17) is 16.3 Å². The van der Waals surface area contributed by atoms with E-state index < -0.39 is 0 Å². The van der Waals surface area contributed by atoms with E-state index in [1.807, 2.05) is 42.5 Å². The molecule has 0 bridgehead atoms. The first-order chi connectivity index (χ1) is 11.6. The van der Waals surface area contributed by atoms with Crippen molar-refractivity contribution in [3.63, 3.8) is 0 Å². The van der Waals surface area contributed by atoms with Gasteiger partial charge < -0.3 is 10.1 Å². The number of carbonyl (C=O) groups excluding carboxylic acids is 1. The van der Waals surface area contributed by atoms with Crippen LogP contribution in [0.2, 0.25) is 5.02 Å². The molecule has 0 radical (unpaired) electrons. The van der Waals surface area contributed by atoms with E-state index >= 15 is 0 Å². The van der Waals surface area contributed by atoms with Crippen LogP contribution in [0.3, 0.4) is 0 Å². The van der Waals surface area contributed by atoms with Crippen LogP contribution >= 0.6 is 11.6 Å². The SMILES string of the molecule is COc1ccc(-n2nc(-c3ccc(Cl)cc3)cc2NC(C)=O)cc1. The highest BCUT2D eigenvalue weighted by Crippen LogP contribution is 2.26. The second-order valence-electron chi connectivity index (χ2n) is 5.21. The molecular weight excluding hydrogens is 326 g/mol. The minimum Gasteiger partial charge on any atom is -0.497 e. The maximum atomic E-state index is 11.5. The summed E-state index contributed by atoms with van der Waals surface area (Å²) in [5.41, 5.74) is 2.48. The fraction of sp³-hybridized carbons (Fsp3) is 0.111. The fourth-order valence-electron chi connectivity index (χ4n) is 2.33. The zero-order valence-corrected chi connectivity index (χ0v) is 14.0. The van der Waals surface area contributed by atoms with Gasteiger partial charge in [-0.15, -0.1) is 0 Å². The molecule has 0 atom stereocenters. The normalized spacial score (nSPS) is 10.5. The van der Waals surface area contributed by atoms with Crippen molar-refractivity contribution in [2.45, 2.75) is 6.92 Å². The number of ether oxygens (including phenoxy) is 1. The maximum absolute atomic E-state index is 11.5. The number of halogens is 1. The second kappa shape index (κ2) is 6.76. The van der Waals surface area contributed by atoms with Crippen molar-refractivity contribution in [3.8, 4) is 22.7 Å². The monoisotopic (exact) mass is 341 g/mol. The van der Waals surface area contributed by atoms with E-state index in [1.54, 1.807) is 23.9 Å². The van der Waals surface area contributed by atoms with Gasteiger partial charge in [-0.05, 0) is 36.4 Å². The molecule has 0 unspecified atom stereocenters. The van der Waals surface area contributed by atoms with Crippen LogP contribution in [0, 0.1) is 0 Å². The number of nitrogens with zero attached hydrogens (tertiary/aromatic N) is 2. The van der Waals surface area contributed by atoms with Gasteiger partial charge in [0.15, 0.2) is 0 Å². The molecule has 1 aromatic heterocycles. The van der Waals surface area contributed by atoms with Gasteiger partial charge in [0.25, 0.3) is 0 Å². The smallest absolute Gasteiger partial charge is 0.222 e. The number of carbonyl (C=O) groups is 1. The number of nitrogens with one attached hydrogen (secondary N) is 1. The number of anilines is 1. The lowest BCUT2D eigenvalue weighted by Gasteiger charge is -2.08. The minimum atomic E-state index is -0.160. The predicted octanol–water partition coefficient (Wildman–Crippen LogP) is 4.16. The first-order valence-electron chi connectivity index (χ1n) is 7.35. The summed E-state index contributed by atoms with van der Waals surface area (Å²) in [4.78, 5) is 11.5. The molecule has 0 aliphatic heterocycles. The molecule has 6 heteroatoms. The Morgan fingerprint density at radius 3 is 2.38 bits per heavy atom. The maximum Gasteiger partial charge on any atom is 0.222 e. The molecule has 3 rings (SSSR count). The van der Waals surface area contributed by atoms with Gasteiger partial charge in [0.1, 0.15) is 11.6 Å². The molecule has 2 aromatic carbocycles. The van der Waals surface area contributed by atoms with Crippen LogP contribution in [-0.4, -0.2) is 22.8 Å². The molecular formula is C18H16ClN3O2. The Kier molecular flexibility index (Phi) is 4.53.